The highest BCUT2D eigenvalue weighted by molar-refractivity contribution is 5.98. The molecule has 1 aliphatic rings. The topological polar surface area (TPSA) is 36.1 Å². The summed E-state index contributed by atoms with van der Waals surface area (Å²) in [5.41, 5.74) is 5.78. The largest absolute Gasteiger partial charge is 0.351 e. The summed E-state index contributed by atoms with van der Waals surface area (Å²) in [7, 11) is 0. The van der Waals surface area contributed by atoms with Crippen LogP contribution in [0.5, 0.6) is 0 Å². The zero-order chi connectivity index (χ0) is 18.1. The van der Waals surface area contributed by atoms with E-state index in [0.29, 0.717) is 11.6 Å². The molecule has 1 saturated heterocycles. The average Bonchev–Trinajstić information content (AvgIpc) is 3.13. The lowest BCUT2D eigenvalue weighted by Crippen LogP contribution is -2.38. The molecule has 1 N–H and O–H groups in total. The number of carbonyl (C=O) groups is 1. The van der Waals surface area contributed by atoms with Crippen molar-refractivity contribution in [1.82, 2.24) is 9.88 Å². The Balaban J connectivity index is 1.46. The standard InChI is InChI=1S/C23H26N2O/c1-3-17-7-5-8-19(14-17)18-10-12-25(13-11-18)23(26)22-15-20-16(2)6-4-9-21(20)24-22/h4-9,14-15,18,24H,3,10-13H2,1-2H3. The number of likely N-dealkylation sites (tertiary alicyclic amines) is 1. The van der Waals surface area contributed by atoms with Crippen molar-refractivity contribution >= 4 is 16.8 Å². The third kappa shape index (κ3) is 3.14. The molecule has 0 aliphatic carbocycles. The number of fused-ring (bicyclic) bond motifs is 1. The van der Waals surface area contributed by atoms with Crippen LogP contribution in [0.25, 0.3) is 10.9 Å². The fourth-order valence-electron chi connectivity index (χ4n) is 4.08. The van der Waals surface area contributed by atoms with Gasteiger partial charge in [-0.3, -0.25) is 4.79 Å². The minimum absolute atomic E-state index is 0.126. The molecule has 3 aromatic rings. The molecule has 2 aromatic carbocycles. The maximum atomic E-state index is 12.9. The van der Waals surface area contributed by atoms with E-state index >= 15 is 0 Å². The van der Waals surface area contributed by atoms with Crippen molar-refractivity contribution in [2.45, 2.75) is 39.0 Å². The molecular formula is C23H26N2O. The molecule has 0 bridgehead atoms. The minimum atomic E-state index is 0.126. The van der Waals surface area contributed by atoms with E-state index < -0.39 is 0 Å². The predicted octanol–water partition coefficient (Wildman–Crippen LogP) is 5.06. The predicted molar refractivity (Wildman–Crippen MR) is 107 cm³/mol. The SMILES string of the molecule is CCc1cccc(C2CCN(C(=O)c3cc4c(C)cccc4[nH]3)CC2)c1. The summed E-state index contributed by atoms with van der Waals surface area (Å²) in [5, 5.41) is 1.14. The second-order valence-corrected chi connectivity index (χ2v) is 7.38. The molecule has 3 nitrogen and oxygen atoms in total. The van der Waals surface area contributed by atoms with Crippen LogP contribution in [-0.4, -0.2) is 28.9 Å². The molecule has 1 aliphatic heterocycles. The van der Waals surface area contributed by atoms with Crippen LogP contribution in [-0.2, 0) is 6.42 Å². The first-order valence-electron chi connectivity index (χ1n) is 9.62. The zero-order valence-corrected chi connectivity index (χ0v) is 15.6. The number of hydrogen-bond acceptors (Lipinski definition) is 1. The second kappa shape index (κ2) is 6.99. The zero-order valence-electron chi connectivity index (χ0n) is 15.6. The van der Waals surface area contributed by atoms with Crippen LogP contribution >= 0.6 is 0 Å². The van der Waals surface area contributed by atoms with E-state index in [-0.39, 0.29) is 5.91 Å². The molecule has 0 spiro atoms. The maximum absolute atomic E-state index is 12.9. The Morgan fingerprint density at radius 2 is 1.88 bits per heavy atom. The highest BCUT2D eigenvalue weighted by atomic mass is 16.2. The number of aryl methyl sites for hydroxylation is 2. The molecule has 4 rings (SSSR count). The first kappa shape index (κ1) is 16.9. The summed E-state index contributed by atoms with van der Waals surface area (Å²) in [6.07, 6.45) is 3.15. The van der Waals surface area contributed by atoms with Crippen LogP contribution in [0.15, 0.2) is 48.5 Å². The number of nitrogens with one attached hydrogen (secondary N) is 1. The number of H-pyrrole nitrogens is 1. The summed E-state index contributed by atoms with van der Waals surface area (Å²) >= 11 is 0. The Kier molecular flexibility index (Phi) is 4.54. The number of aromatic nitrogens is 1. The van der Waals surface area contributed by atoms with Gasteiger partial charge in [0.2, 0.25) is 0 Å². The van der Waals surface area contributed by atoms with Gasteiger partial charge in [-0.25, -0.2) is 0 Å². The van der Waals surface area contributed by atoms with Gasteiger partial charge in [0.05, 0.1) is 0 Å². The number of hydrogen-bond donors (Lipinski definition) is 1. The number of piperidine rings is 1. The third-order valence-corrected chi connectivity index (χ3v) is 5.73. The van der Waals surface area contributed by atoms with Gasteiger partial charge in [-0.15, -0.1) is 0 Å². The van der Waals surface area contributed by atoms with Crippen LogP contribution in [0.2, 0.25) is 0 Å². The molecule has 0 atom stereocenters. The lowest BCUT2D eigenvalue weighted by atomic mass is 9.88. The molecule has 1 aromatic heterocycles. The lowest BCUT2D eigenvalue weighted by Gasteiger charge is -2.32. The van der Waals surface area contributed by atoms with Crippen LogP contribution in [0, 0.1) is 6.92 Å². The summed E-state index contributed by atoms with van der Waals surface area (Å²) in [6, 6.07) is 17.1. The minimum Gasteiger partial charge on any atom is -0.351 e. The average molecular weight is 346 g/mol. The Labute approximate surface area is 155 Å². The molecule has 0 saturated carbocycles. The molecule has 3 heteroatoms. The fourth-order valence-corrected chi connectivity index (χ4v) is 4.08. The van der Waals surface area contributed by atoms with Crippen LogP contribution in [0.1, 0.15) is 52.9 Å². The number of carbonyl (C=O) groups excluding carboxylic acids is 1. The Hall–Kier alpha value is -2.55. The van der Waals surface area contributed by atoms with Crippen molar-refractivity contribution in [3.63, 3.8) is 0 Å². The third-order valence-electron chi connectivity index (χ3n) is 5.73. The van der Waals surface area contributed by atoms with Gasteiger partial charge in [-0.1, -0.05) is 43.3 Å². The van der Waals surface area contributed by atoms with Gasteiger partial charge >= 0.3 is 0 Å². The van der Waals surface area contributed by atoms with E-state index in [2.05, 4.69) is 49.2 Å². The Bertz CT molecular complexity index is 932. The summed E-state index contributed by atoms with van der Waals surface area (Å²) in [4.78, 5) is 18.2. The van der Waals surface area contributed by atoms with Crippen molar-refractivity contribution in [3.8, 4) is 0 Å². The molecule has 1 fully saturated rings. The van der Waals surface area contributed by atoms with Gasteiger partial charge in [0.25, 0.3) is 5.91 Å². The van der Waals surface area contributed by atoms with E-state index in [1.54, 1.807) is 0 Å². The van der Waals surface area contributed by atoms with E-state index in [0.717, 1.165) is 43.3 Å². The number of aromatic amines is 1. The number of nitrogens with zero attached hydrogens (tertiary/aromatic N) is 1. The van der Waals surface area contributed by atoms with Gasteiger partial charge in [-0.2, -0.15) is 0 Å². The van der Waals surface area contributed by atoms with Crippen molar-refractivity contribution < 1.29 is 4.79 Å². The quantitative estimate of drug-likeness (QED) is 0.707. The van der Waals surface area contributed by atoms with Gasteiger partial charge in [0, 0.05) is 24.0 Å². The van der Waals surface area contributed by atoms with Gasteiger partial charge in [0.1, 0.15) is 5.69 Å². The number of rotatable bonds is 3. The van der Waals surface area contributed by atoms with Crippen molar-refractivity contribution in [1.29, 1.82) is 0 Å². The first-order chi connectivity index (χ1) is 12.7. The second-order valence-electron chi connectivity index (χ2n) is 7.38. The molecule has 0 unspecified atom stereocenters. The van der Waals surface area contributed by atoms with Gasteiger partial charge in [-0.05, 0) is 60.9 Å². The lowest BCUT2D eigenvalue weighted by molar-refractivity contribution is 0.0708. The van der Waals surface area contributed by atoms with Crippen LogP contribution in [0.3, 0.4) is 0 Å². The fraction of sp³-hybridized carbons (Fsp3) is 0.348. The van der Waals surface area contributed by atoms with Gasteiger partial charge < -0.3 is 9.88 Å². The number of amides is 1. The van der Waals surface area contributed by atoms with Crippen molar-refractivity contribution in [2.24, 2.45) is 0 Å². The highest BCUT2D eigenvalue weighted by Gasteiger charge is 2.25. The van der Waals surface area contributed by atoms with Crippen LogP contribution < -0.4 is 0 Å². The first-order valence-corrected chi connectivity index (χ1v) is 9.62. The monoisotopic (exact) mass is 346 g/mol. The summed E-state index contributed by atoms with van der Waals surface area (Å²) in [5.74, 6) is 0.692. The van der Waals surface area contributed by atoms with Gasteiger partial charge in [0.15, 0.2) is 0 Å². The molecule has 26 heavy (non-hydrogen) atoms. The van der Waals surface area contributed by atoms with Crippen molar-refractivity contribution in [3.05, 3.63) is 70.9 Å². The highest BCUT2D eigenvalue weighted by Crippen LogP contribution is 2.29. The van der Waals surface area contributed by atoms with Crippen molar-refractivity contribution in [2.75, 3.05) is 13.1 Å². The van der Waals surface area contributed by atoms with E-state index in [1.165, 1.54) is 16.7 Å². The normalized spacial score (nSPS) is 15.5. The van der Waals surface area contributed by atoms with E-state index in [4.69, 9.17) is 0 Å². The molecule has 134 valence electrons. The Morgan fingerprint density at radius 1 is 1.12 bits per heavy atom. The molecule has 1 amide bonds. The smallest absolute Gasteiger partial charge is 0.270 e. The molecule has 0 radical (unpaired) electrons. The van der Waals surface area contributed by atoms with E-state index in [9.17, 15) is 4.79 Å². The summed E-state index contributed by atoms with van der Waals surface area (Å²) < 4.78 is 0. The maximum Gasteiger partial charge on any atom is 0.270 e. The summed E-state index contributed by atoms with van der Waals surface area (Å²) in [6.45, 7) is 5.94. The van der Waals surface area contributed by atoms with E-state index in [1.807, 2.05) is 23.1 Å². The number of benzene rings is 2. The van der Waals surface area contributed by atoms with Crippen LogP contribution in [0.4, 0.5) is 0 Å². The Morgan fingerprint density at radius 3 is 2.62 bits per heavy atom. The molecule has 2 heterocycles. The molecular weight excluding hydrogens is 320 g/mol.